The van der Waals surface area contributed by atoms with Crippen LogP contribution in [0.1, 0.15) is 11.3 Å². The Labute approximate surface area is 124 Å². The molecule has 0 unspecified atom stereocenters. The van der Waals surface area contributed by atoms with Crippen LogP contribution < -0.4 is 10.5 Å². The van der Waals surface area contributed by atoms with Crippen LogP contribution >= 0.6 is 0 Å². The van der Waals surface area contributed by atoms with Gasteiger partial charge in [-0.25, -0.2) is 8.42 Å². The molecule has 2 rings (SSSR count). The van der Waals surface area contributed by atoms with Crippen molar-refractivity contribution in [2.75, 3.05) is 14.2 Å². The summed E-state index contributed by atoms with van der Waals surface area (Å²) in [6, 6.07) is 10.2. The smallest absolute Gasteiger partial charge is 0.276 e. The van der Waals surface area contributed by atoms with Crippen molar-refractivity contribution in [2.24, 2.45) is 5.73 Å². The molecule has 1 heterocycles. The van der Waals surface area contributed by atoms with E-state index in [4.69, 9.17) is 14.9 Å². The van der Waals surface area contributed by atoms with Crippen molar-refractivity contribution in [2.45, 2.75) is 18.2 Å². The number of sulfonamides is 1. The minimum Gasteiger partial charge on any atom is -0.497 e. The number of methoxy groups -OCH3 is 1. The maximum absolute atomic E-state index is 12.4. The largest absolute Gasteiger partial charge is 0.497 e. The summed E-state index contributed by atoms with van der Waals surface area (Å²) in [6.07, 6.45) is 0. The summed E-state index contributed by atoms with van der Waals surface area (Å²) in [7, 11) is -0.610. The van der Waals surface area contributed by atoms with Gasteiger partial charge in [-0.3, -0.25) is 0 Å². The molecule has 0 aliphatic rings. The molecular formula is C14H18N2O4S. The Hall–Kier alpha value is -1.83. The van der Waals surface area contributed by atoms with Crippen LogP contribution in [0.25, 0.3) is 0 Å². The first-order chi connectivity index (χ1) is 9.97. The lowest BCUT2D eigenvalue weighted by Gasteiger charge is -2.16. The van der Waals surface area contributed by atoms with E-state index >= 15 is 0 Å². The van der Waals surface area contributed by atoms with Crippen LogP contribution in [-0.4, -0.2) is 26.9 Å². The van der Waals surface area contributed by atoms with E-state index in [-0.39, 0.29) is 18.2 Å². The lowest BCUT2D eigenvalue weighted by molar-refractivity contribution is 0.386. The third-order valence-corrected chi connectivity index (χ3v) is 4.72. The first-order valence-corrected chi connectivity index (χ1v) is 7.79. The molecule has 2 N–H and O–H groups in total. The average Bonchev–Trinajstić information content (AvgIpc) is 2.97. The molecule has 21 heavy (non-hydrogen) atoms. The first-order valence-electron chi connectivity index (χ1n) is 6.35. The lowest BCUT2D eigenvalue weighted by atomic mass is 10.2. The van der Waals surface area contributed by atoms with Crippen molar-refractivity contribution in [1.82, 2.24) is 4.31 Å². The van der Waals surface area contributed by atoms with Crippen molar-refractivity contribution in [3.8, 4) is 5.75 Å². The fourth-order valence-electron chi connectivity index (χ4n) is 1.87. The summed E-state index contributed by atoms with van der Waals surface area (Å²) in [5, 5.41) is -0.103. The van der Waals surface area contributed by atoms with Crippen LogP contribution in [0.5, 0.6) is 5.75 Å². The molecule has 6 nitrogen and oxygen atoms in total. The van der Waals surface area contributed by atoms with Crippen molar-refractivity contribution in [3.05, 3.63) is 47.7 Å². The molecule has 0 saturated heterocycles. The normalized spacial score (nSPS) is 11.8. The Morgan fingerprint density at radius 2 is 2.05 bits per heavy atom. The highest BCUT2D eigenvalue weighted by molar-refractivity contribution is 7.88. The fraction of sp³-hybridized carbons (Fsp3) is 0.286. The summed E-state index contributed by atoms with van der Waals surface area (Å²) < 4.78 is 36.3. The van der Waals surface area contributed by atoms with Gasteiger partial charge in [-0.2, -0.15) is 4.31 Å². The first kappa shape index (κ1) is 15.6. The number of furan rings is 1. The molecule has 0 aliphatic heterocycles. The van der Waals surface area contributed by atoms with Gasteiger partial charge in [0.1, 0.15) is 11.5 Å². The highest BCUT2D eigenvalue weighted by Gasteiger charge is 2.24. The standard InChI is InChI=1S/C14H18N2O4S/c1-16(10-11-4-3-5-12(8-11)19-2)21(17,18)14-7-6-13(9-15)20-14/h3-8H,9-10,15H2,1-2H3. The maximum Gasteiger partial charge on any atom is 0.276 e. The third kappa shape index (κ3) is 3.44. The summed E-state index contributed by atoms with van der Waals surface area (Å²) in [4.78, 5) is 0. The van der Waals surface area contributed by atoms with Crippen molar-refractivity contribution in [1.29, 1.82) is 0 Å². The second-order valence-electron chi connectivity index (χ2n) is 4.54. The average molecular weight is 310 g/mol. The minimum absolute atomic E-state index is 0.103. The zero-order chi connectivity index (χ0) is 15.5. The van der Waals surface area contributed by atoms with Crippen LogP contribution in [0.3, 0.4) is 0 Å². The summed E-state index contributed by atoms with van der Waals surface area (Å²) >= 11 is 0. The number of nitrogens with zero attached hydrogens (tertiary/aromatic N) is 1. The molecule has 1 aromatic heterocycles. The van der Waals surface area contributed by atoms with Crippen LogP contribution in [0.15, 0.2) is 45.9 Å². The highest BCUT2D eigenvalue weighted by Crippen LogP contribution is 2.20. The minimum atomic E-state index is -3.68. The summed E-state index contributed by atoms with van der Waals surface area (Å²) in [5.74, 6) is 1.12. The van der Waals surface area contributed by atoms with E-state index in [0.717, 1.165) is 5.56 Å². The van der Waals surface area contributed by atoms with Crippen LogP contribution in [0.2, 0.25) is 0 Å². The predicted molar refractivity (Wildman–Crippen MR) is 78.2 cm³/mol. The van der Waals surface area contributed by atoms with E-state index < -0.39 is 10.0 Å². The van der Waals surface area contributed by atoms with Gasteiger partial charge in [-0.15, -0.1) is 0 Å². The second kappa shape index (κ2) is 6.30. The molecule has 0 radical (unpaired) electrons. The Balaban J connectivity index is 2.19. The van der Waals surface area contributed by atoms with Gasteiger partial charge in [-0.1, -0.05) is 12.1 Å². The topological polar surface area (TPSA) is 85.8 Å². The monoisotopic (exact) mass is 310 g/mol. The van der Waals surface area contributed by atoms with Gasteiger partial charge in [-0.05, 0) is 29.8 Å². The van der Waals surface area contributed by atoms with Gasteiger partial charge in [0.15, 0.2) is 0 Å². The molecule has 0 aliphatic carbocycles. The predicted octanol–water partition coefficient (Wildman–Crippen LogP) is 1.57. The molecule has 0 saturated carbocycles. The van der Waals surface area contributed by atoms with E-state index in [1.165, 1.54) is 17.4 Å². The SMILES string of the molecule is COc1cccc(CN(C)S(=O)(=O)c2ccc(CN)o2)c1. The van der Waals surface area contributed by atoms with Gasteiger partial charge in [0.2, 0.25) is 5.09 Å². The van der Waals surface area contributed by atoms with E-state index in [2.05, 4.69) is 0 Å². The molecule has 114 valence electrons. The Morgan fingerprint density at radius 1 is 1.29 bits per heavy atom. The van der Waals surface area contributed by atoms with Gasteiger partial charge in [0.25, 0.3) is 10.0 Å². The van der Waals surface area contributed by atoms with Crippen LogP contribution in [0.4, 0.5) is 0 Å². The summed E-state index contributed by atoms with van der Waals surface area (Å²) in [5.41, 5.74) is 6.25. The number of hydrogen-bond acceptors (Lipinski definition) is 5. The van der Waals surface area contributed by atoms with E-state index in [1.54, 1.807) is 25.3 Å². The summed E-state index contributed by atoms with van der Waals surface area (Å²) in [6.45, 7) is 0.382. The zero-order valence-corrected chi connectivity index (χ0v) is 12.8. The van der Waals surface area contributed by atoms with Gasteiger partial charge in [0.05, 0.1) is 13.7 Å². The fourth-order valence-corrected chi connectivity index (χ4v) is 2.95. The maximum atomic E-state index is 12.4. The molecule has 0 atom stereocenters. The van der Waals surface area contributed by atoms with E-state index in [0.29, 0.717) is 11.5 Å². The zero-order valence-electron chi connectivity index (χ0n) is 11.9. The van der Waals surface area contributed by atoms with Gasteiger partial charge >= 0.3 is 0 Å². The van der Waals surface area contributed by atoms with Crippen LogP contribution in [-0.2, 0) is 23.1 Å². The van der Waals surface area contributed by atoms with Crippen LogP contribution in [0, 0.1) is 0 Å². The number of benzene rings is 1. The van der Waals surface area contributed by atoms with Gasteiger partial charge < -0.3 is 14.9 Å². The number of ether oxygens (including phenoxy) is 1. The number of nitrogens with two attached hydrogens (primary N) is 1. The molecule has 0 spiro atoms. The van der Waals surface area contributed by atoms with Crippen molar-refractivity contribution < 1.29 is 17.6 Å². The molecule has 2 aromatic rings. The second-order valence-corrected chi connectivity index (χ2v) is 6.51. The van der Waals surface area contributed by atoms with E-state index in [1.807, 2.05) is 12.1 Å². The highest BCUT2D eigenvalue weighted by atomic mass is 32.2. The molecule has 1 aromatic carbocycles. The number of rotatable bonds is 6. The molecule has 0 fully saturated rings. The Bertz CT molecular complexity index is 709. The Kier molecular flexibility index (Phi) is 4.66. The molecule has 0 amide bonds. The molecule has 0 bridgehead atoms. The molecule has 7 heteroatoms. The Morgan fingerprint density at radius 3 is 2.67 bits per heavy atom. The molecular weight excluding hydrogens is 292 g/mol. The third-order valence-electron chi connectivity index (χ3n) is 3.04. The van der Waals surface area contributed by atoms with Gasteiger partial charge in [0, 0.05) is 13.6 Å². The van der Waals surface area contributed by atoms with Crippen molar-refractivity contribution >= 4 is 10.0 Å². The van der Waals surface area contributed by atoms with E-state index in [9.17, 15) is 8.42 Å². The lowest BCUT2D eigenvalue weighted by Crippen LogP contribution is -2.26. The number of hydrogen-bond donors (Lipinski definition) is 1. The quantitative estimate of drug-likeness (QED) is 0.875. The van der Waals surface area contributed by atoms with Crippen molar-refractivity contribution in [3.63, 3.8) is 0 Å².